The SMILES string of the molecule is CCCNC(=O)C=Cc1cc(N(C)C)ccc1N. The number of hydrogen-bond donors (Lipinski definition) is 2. The Morgan fingerprint density at radius 1 is 1.44 bits per heavy atom. The van der Waals surface area contributed by atoms with E-state index in [4.69, 9.17) is 5.73 Å². The Bertz CT molecular complexity index is 439. The molecule has 0 spiro atoms. The molecule has 18 heavy (non-hydrogen) atoms. The predicted molar refractivity (Wildman–Crippen MR) is 77.5 cm³/mol. The molecule has 0 atom stereocenters. The lowest BCUT2D eigenvalue weighted by Gasteiger charge is -2.13. The summed E-state index contributed by atoms with van der Waals surface area (Å²) in [6, 6.07) is 5.75. The number of rotatable bonds is 5. The lowest BCUT2D eigenvalue weighted by Crippen LogP contribution is -2.21. The Balaban J connectivity index is 2.80. The third kappa shape index (κ3) is 4.13. The molecule has 0 bridgehead atoms. The lowest BCUT2D eigenvalue weighted by molar-refractivity contribution is -0.116. The van der Waals surface area contributed by atoms with Crippen molar-refractivity contribution in [3.8, 4) is 0 Å². The van der Waals surface area contributed by atoms with Crippen LogP contribution < -0.4 is 16.0 Å². The van der Waals surface area contributed by atoms with Crippen LogP contribution in [0.4, 0.5) is 11.4 Å². The second kappa shape index (κ2) is 6.69. The smallest absolute Gasteiger partial charge is 0.244 e. The van der Waals surface area contributed by atoms with E-state index in [1.54, 1.807) is 6.08 Å². The van der Waals surface area contributed by atoms with Gasteiger partial charge in [-0.05, 0) is 36.3 Å². The minimum absolute atomic E-state index is 0.0912. The molecule has 0 saturated heterocycles. The van der Waals surface area contributed by atoms with Crippen LogP contribution in [-0.2, 0) is 4.79 Å². The third-order valence-electron chi connectivity index (χ3n) is 2.55. The zero-order valence-electron chi connectivity index (χ0n) is 11.2. The van der Waals surface area contributed by atoms with Gasteiger partial charge in [-0.2, -0.15) is 0 Å². The van der Waals surface area contributed by atoms with Crippen LogP contribution in [0.25, 0.3) is 6.08 Å². The Morgan fingerprint density at radius 3 is 2.78 bits per heavy atom. The van der Waals surface area contributed by atoms with E-state index in [0.717, 1.165) is 17.7 Å². The summed E-state index contributed by atoms with van der Waals surface area (Å²) < 4.78 is 0. The summed E-state index contributed by atoms with van der Waals surface area (Å²) >= 11 is 0. The van der Waals surface area contributed by atoms with E-state index in [1.165, 1.54) is 6.08 Å². The Labute approximate surface area is 108 Å². The number of nitrogens with one attached hydrogen (secondary N) is 1. The quantitative estimate of drug-likeness (QED) is 0.617. The number of benzene rings is 1. The maximum Gasteiger partial charge on any atom is 0.244 e. The van der Waals surface area contributed by atoms with Gasteiger partial charge >= 0.3 is 0 Å². The molecule has 0 aliphatic rings. The number of anilines is 2. The normalized spacial score (nSPS) is 10.6. The fraction of sp³-hybridized carbons (Fsp3) is 0.357. The van der Waals surface area contributed by atoms with Crippen LogP contribution in [0.5, 0.6) is 0 Å². The minimum atomic E-state index is -0.0912. The Hall–Kier alpha value is -1.97. The van der Waals surface area contributed by atoms with Crippen molar-refractivity contribution >= 4 is 23.4 Å². The van der Waals surface area contributed by atoms with Crippen LogP contribution in [0, 0.1) is 0 Å². The van der Waals surface area contributed by atoms with Gasteiger partial charge in [0.2, 0.25) is 5.91 Å². The van der Waals surface area contributed by atoms with Gasteiger partial charge in [-0.15, -0.1) is 0 Å². The molecule has 1 rings (SSSR count). The molecule has 0 aliphatic heterocycles. The number of amides is 1. The number of nitrogen functional groups attached to an aromatic ring is 1. The van der Waals surface area contributed by atoms with E-state index >= 15 is 0 Å². The van der Waals surface area contributed by atoms with E-state index in [0.29, 0.717) is 12.2 Å². The molecule has 0 heterocycles. The van der Waals surface area contributed by atoms with Crippen LogP contribution >= 0.6 is 0 Å². The van der Waals surface area contributed by atoms with Crippen molar-refractivity contribution in [2.75, 3.05) is 31.3 Å². The topological polar surface area (TPSA) is 58.4 Å². The zero-order chi connectivity index (χ0) is 13.5. The monoisotopic (exact) mass is 247 g/mol. The molecule has 4 nitrogen and oxygen atoms in total. The van der Waals surface area contributed by atoms with Crippen molar-refractivity contribution < 1.29 is 4.79 Å². The predicted octanol–water partition coefficient (Wildman–Crippen LogP) is 1.87. The van der Waals surface area contributed by atoms with E-state index in [1.807, 2.05) is 44.1 Å². The van der Waals surface area contributed by atoms with Gasteiger partial charge in [0, 0.05) is 38.1 Å². The first-order valence-electron chi connectivity index (χ1n) is 6.07. The molecule has 0 radical (unpaired) electrons. The van der Waals surface area contributed by atoms with E-state index in [2.05, 4.69) is 5.32 Å². The van der Waals surface area contributed by atoms with Gasteiger partial charge in [0.15, 0.2) is 0 Å². The molecule has 98 valence electrons. The molecule has 3 N–H and O–H groups in total. The summed E-state index contributed by atoms with van der Waals surface area (Å²) in [4.78, 5) is 13.5. The molecule has 1 aromatic carbocycles. The molecule has 0 unspecified atom stereocenters. The third-order valence-corrected chi connectivity index (χ3v) is 2.55. The minimum Gasteiger partial charge on any atom is -0.398 e. The van der Waals surface area contributed by atoms with Crippen LogP contribution in [0.15, 0.2) is 24.3 Å². The highest BCUT2D eigenvalue weighted by atomic mass is 16.1. The van der Waals surface area contributed by atoms with Crippen molar-refractivity contribution in [1.29, 1.82) is 0 Å². The summed E-state index contributed by atoms with van der Waals surface area (Å²) in [7, 11) is 3.93. The molecule has 4 heteroatoms. The van der Waals surface area contributed by atoms with Gasteiger partial charge < -0.3 is 16.0 Å². The summed E-state index contributed by atoms with van der Waals surface area (Å²) in [6.45, 7) is 2.71. The molecule has 0 saturated carbocycles. The fourth-order valence-corrected chi connectivity index (χ4v) is 1.46. The fourth-order valence-electron chi connectivity index (χ4n) is 1.46. The van der Waals surface area contributed by atoms with Gasteiger partial charge in [-0.25, -0.2) is 0 Å². The first kappa shape index (κ1) is 14.1. The van der Waals surface area contributed by atoms with Gasteiger partial charge in [0.25, 0.3) is 0 Å². The average molecular weight is 247 g/mol. The first-order valence-corrected chi connectivity index (χ1v) is 6.07. The molecule has 0 aliphatic carbocycles. The second-order valence-corrected chi connectivity index (χ2v) is 4.33. The van der Waals surface area contributed by atoms with E-state index in [-0.39, 0.29) is 5.91 Å². The zero-order valence-corrected chi connectivity index (χ0v) is 11.2. The highest BCUT2D eigenvalue weighted by Gasteiger charge is 2.01. The maximum absolute atomic E-state index is 11.5. The summed E-state index contributed by atoms with van der Waals surface area (Å²) in [5, 5.41) is 2.78. The maximum atomic E-state index is 11.5. The average Bonchev–Trinajstić information content (AvgIpc) is 2.35. The van der Waals surface area contributed by atoms with Crippen molar-refractivity contribution in [3.63, 3.8) is 0 Å². The number of carbonyl (C=O) groups is 1. The van der Waals surface area contributed by atoms with Gasteiger partial charge in [0.05, 0.1) is 0 Å². The Kier molecular flexibility index (Phi) is 5.24. The van der Waals surface area contributed by atoms with Crippen molar-refractivity contribution in [1.82, 2.24) is 5.32 Å². The molecule has 0 fully saturated rings. The highest BCUT2D eigenvalue weighted by Crippen LogP contribution is 2.20. The van der Waals surface area contributed by atoms with Crippen molar-refractivity contribution in [2.24, 2.45) is 0 Å². The molecular formula is C14H21N3O. The van der Waals surface area contributed by atoms with Gasteiger partial charge in [-0.3, -0.25) is 4.79 Å². The molecule has 1 aromatic rings. The van der Waals surface area contributed by atoms with Gasteiger partial charge in [-0.1, -0.05) is 6.92 Å². The van der Waals surface area contributed by atoms with E-state index in [9.17, 15) is 4.79 Å². The van der Waals surface area contributed by atoms with E-state index < -0.39 is 0 Å². The largest absolute Gasteiger partial charge is 0.398 e. The lowest BCUT2D eigenvalue weighted by atomic mass is 10.1. The summed E-state index contributed by atoms with van der Waals surface area (Å²) in [5.41, 5.74) is 8.45. The molecule has 1 amide bonds. The highest BCUT2D eigenvalue weighted by molar-refractivity contribution is 5.92. The van der Waals surface area contributed by atoms with Crippen molar-refractivity contribution in [3.05, 3.63) is 29.8 Å². The molecular weight excluding hydrogens is 226 g/mol. The Morgan fingerprint density at radius 2 is 2.17 bits per heavy atom. The number of carbonyl (C=O) groups excluding carboxylic acids is 1. The number of nitrogens with two attached hydrogens (primary N) is 1. The standard InChI is InChI=1S/C14H21N3O/c1-4-9-16-14(18)8-5-11-10-12(17(2)3)6-7-13(11)15/h5-8,10H,4,9,15H2,1-3H3,(H,16,18). The summed E-state index contributed by atoms with van der Waals surface area (Å²) in [6.07, 6.45) is 4.19. The van der Waals surface area contributed by atoms with Crippen LogP contribution in [-0.4, -0.2) is 26.5 Å². The van der Waals surface area contributed by atoms with Crippen LogP contribution in [0.1, 0.15) is 18.9 Å². The number of hydrogen-bond acceptors (Lipinski definition) is 3. The second-order valence-electron chi connectivity index (χ2n) is 4.33. The van der Waals surface area contributed by atoms with Gasteiger partial charge in [0.1, 0.15) is 0 Å². The van der Waals surface area contributed by atoms with Crippen molar-refractivity contribution in [2.45, 2.75) is 13.3 Å². The molecule has 0 aromatic heterocycles. The first-order chi connectivity index (χ1) is 8.54. The van der Waals surface area contributed by atoms with Crippen LogP contribution in [0.2, 0.25) is 0 Å². The van der Waals surface area contributed by atoms with Crippen LogP contribution in [0.3, 0.4) is 0 Å². The number of nitrogens with zero attached hydrogens (tertiary/aromatic N) is 1. The summed E-state index contributed by atoms with van der Waals surface area (Å²) in [5.74, 6) is -0.0912.